The third-order valence-electron chi connectivity index (χ3n) is 3.72. The molecule has 4 rings (SSSR count). The smallest absolute Gasteiger partial charge is 0.137 e. The van der Waals surface area contributed by atoms with Crippen molar-refractivity contribution >= 4 is 44.6 Å². The molecule has 0 unspecified atom stereocenters. The van der Waals surface area contributed by atoms with E-state index in [-0.39, 0.29) is 0 Å². The molecule has 4 nitrogen and oxygen atoms in total. The van der Waals surface area contributed by atoms with E-state index in [0.717, 1.165) is 25.7 Å². The minimum absolute atomic E-state index is 0.503. The summed E-state index contributed by atoms with van der Waals surface area (Å²) in [4.78, 5) is 10.1. The van der Waals surface area contributed by atoms with Gasteiger partial charge in [0.15, 0.2) is 0 Å². The number of nitriles is 1. The van der Waals surface area contributed by atoms with Gasteiger partial charge in [0.05, 0.1) is 25.6 Å². The molecule has 0 aromatic carbocycles. The first kappa shape index (κ1) is 15.8. The Labute approximate surface area is 156 Å². The summed E-state index contributed by atoms with van der Waals surface area (Å²) in [5.41, 5.74) is 3.71. The summed E-state index contributed by atoms with van der Waals surface area (Å²) in [5, 5.41) is 9.62. The molecule has 120 valence electrons. The van der Waals surface area contributed by atoms with E-state index in [1.54, 1.807) is 17.5 Å². The average molecular weight is 407 g/mol. The van der Waals surface area contributed by atoms with Gasteiger partial charge in [0, 0.05) is 12.4 Å². The van der Waals surface area contributed by atoms with Gasteiger partial charge in [-0.3, -0.25) is 9.38 Å². The fourth-order valence-corrected chi connectivity index (χ4v) is 3.98. The lowest BCUT2D eigenvalue weighted by Crippen LogP contribution is -1.90. The second kappa shape index (κ2) is 6.63. The molecule has 4 heterocycles. The number of thiophene rings is 1. The molecule has 0 fully saturated rings. The van der Waals surface area contributed by atoms with Crippen LogP contribution in [0.25, 0.3) is 27.9 Å². The maximum absolute atomic E-state index is 9.62. The number of fused-ring (bicyclic) bond motifs is 1. The Morgan fingerprint density at radius 3 is 2.76 bits per heavy atom. The molecular formula is C19H11BrN4S. The first-order valence-electron chi connectivity index (χ1n) is 7.52. The third kappa shape index (κ3) is 3.00. The summed E-state index contributed by atoms with van der Waals surface area (Å²) in [7, 11) is 0. The van der Waals surface area contributed by atoms with Gasteiger partial charge in [-0.15, -0.1) is 11.3 Å². The van der Waals surface area contributed by atoms with E-state index in [0.29, 0.717) is 11.3 Å². The quantitative estimate of drug-likeness (QED) is 0.434. The number of rotatable bonds is 3. The molecule has 0 aliphatic rings. The molecule has 4 aromatic heterocycles. The van der Waals surface area contributed by atoms with Gasteiger partial charge in [-0.05, 0) is 58.4 Å². The number of hydrogen-bond donors (Lipinski definition) is 0. The van der Waals surface area contributed by atoms with Gasteiger partial charge in [0.25, 0.3) is 0 Å². The Hall–Kier alpha value is -2.75. The number of imidazole rings is 1. The molecule has 0 bridgehead atoms. The predicted octanol–water partition coefficient (Wildman–Crippen LogP) is 5.28. The van der Waals surface area contributed by atoms with Gasteiger partial charge in [-0.25, -0.2) is 4.98 Å². The zero-order chi connectivity index (χ0) is 17.2. The normalized spacial score (nSPS) is 11.6. The van der Waals surface area contributed by atoms with Crippen molar-refractivity contribution in [3.05, 3.63) is 76.1 Å². The molecule has 25 heavy (non-hydrogen) atoms. The Morgan fingerprint density at radius 2 is 2.04 bits per heavy atom. The standard InChI is InChI=1S/C19H11BrN4S/c20-17-8-7-16(25-17)19-15(24-10-4-2-6-18(24)23-19)11-13(12-21)14-5-1-3-9-22-14/h1-11H/b13-11+. The minimum atomic E-state index is 0.503. The minimum Gasteiger partial charge on any atom is -0.300 e. The van der Waals surface area contributed by atoms with E-state index in [4.69, 9.17) is 4.98 Å². The number of nitrogens with zero attached hydrogens (tertiary/aromatic N) is 4. The molecule has 0 aliphatic heterocycles. The van der Waals surface area contributed by atoms with Crippen molar-refractivity contribution in [3.8, 4) is 16.6 Å². The third-order valence-corrected chi connectivity index (χ3v) is 5.35. The summed E-state index contributed by atoms with van der Waals surface area (Å²) in [6.45, 7) is 0. The maximum atomic E-state index is 9.62. The Morgan fingerprint density at radius 1 is 1.16 bits per heavy atom. The summed E-state index contributed by atoms with van der Waals surface area (Å²) in [6, 6.07) is 17.7. The number of aromatic nitrogens is 3. The first-order valence-corrected chi connectivity index (χ1v) is 9.13. The van der Waals surface area contributed by atoms with E-state index < -0.39 is 0 Å². The zero-order valence-corrected chi connectivity index (χ0v) is 15.3. The largest absolute Gasteiger partial charge is 0.300 e. The van der Waals surface area contributed by atoms with Gasteiger partial charge < -0.3 is 0 Å². The molecule has 6 heteroatoms. The van der Waals surface area contributed by atoms with Crippen LogP contribution < -0.4 is 0 Å². The van der Waals surface area contributed by atoms with Crippen LogP contribution in [0.5, 0.6) is 0 Å². The van der Waals surface area contributed by atoms with E-state index in [1.807, 2.05) is 65.2 Å². The summed E-state index contributed by atoms with van der Waals surface area (Å²) in [5.74, 6) is 0. The lowest BCUT2D eigenvalue weighted by molar-refractivity contribution is 1.17. The lowest BCUT2D eigenvalue weighted by Gasteiger charge is -2.01. The first-order chi connectivity index (χ1) is 12.3. The Balaban J connectivity index is 1.97. The van der Waals surface area contributed by atoms with Crippen LogP contribution in [-0.4, -0.2) is 14.4 Å². The van der Waals surface area contributed by atoms with Gasteiger partial charge in [0.2, 0.25) is 0 Å². The van der Waals surface area contributed by atoms with Crippen LogP contribution in [0, 0.1) is 11.3 Å². The zero-order valence-electron chi connectivity index (χ0n) is 12.9. The van der Waals surface area contributed by atoms with Crippen molar-refractivity contribution in [2.45, 2.75) is 0 Å². The summed E-state index contributed by atoms with van der Waals surface area (Å²) >= 11 is 5.12. The van der Waals surface area contributed by atoms with Crippen molar-refractivity contribution in [2.24, 2.45) is 0 Å². The van der Waals surface area contributed by atoms with Crippen molar-refractivity contribution < 1.29 is 0 Å². The number of allylic oxidation sites excluding steroid dienone is 1. The van der Waals surface area contributed by atoms with Crippen LogP contribution in [0.15, 0.2) is 64.7 Å². The van der Waals surface area contributed by atoms with Crippen LogP contribution in [0.3, 0.4) is 0 Å². The van der Waals surface area contributed by atoms with Crippen molar-refractivity contribution in [1.29, 1.82) is 5.26 Å². The molecule has 0 atom stereocenters. The van der Waals surface area contributed by atoms with Crippen LogP contribution in [-0.2, 0) is 0 Å². The molecule has 0 radical (unpaired) electrons. The SMILES string of the molecule is N#C/C(=C\c1c(-c2ccc(Br)s2)nc2ccccn12)c1ccccn1. The van der Waals surface area contributed by atoms with E-state index >= 15 is 0 Å². The van der Waals surface area contributed by atoms with Gasteiger partial charge in [-0.2, -0.15) is 5.26 Å². The average Bonchev–Trinajstić information content (AvgIpc) is 3.24. The Kier molecular flexibility index (Phi) is 4.18. The topological polar surface area (TPSA) is 54.0 Å². The molecule has 0 aliphatic carbocycles. The second-order valence-corrected chi connectivity index (χ2v) is 7.73. The van der Waals surface area contributed by atoms with Crippen LogP contribution >= 0.6 is 27.3 Å². The highest BCUT2D eigenvalue weighted by Crippen LogP contribution is 2.34. The van der Waals surface area contributed by atoms with Crippen LogP contribution in [0.2, 0.25) is 0 Å². The summed E-state index contributed by atoms with van der Waals surface area (Å²) < 4.78 is 3.03. The highest BCUT2D eigenvalue weighted by atomic mass is 79.9. The maximum Gasteiger partial charge on any atom is 0.137 e. The van der Waals surface area contributed by atoms with Crippen molar-refractivity contribution in [2.75, 3.05) is 0 Å². The van der Waals surface area contributed by atoms with Crippen molar-refractivity contribution in [3.63, 3.8) is 0 Å². The van der Waals surface area contributed by atoms with Crippen molar-refractivity contribution in [1.82, 2.24) is 14.4 Å². The monoisotopic (exact) mass is 406 g/mol. The highest BCUT2D eigenvalue weighted by Gasteiger charge is 2.15. The second-order valence-electron chi connectivity index (χ2n) is 5.26. The lowest BCUT2D eigenvalue weighted by atomic mass is 10.1. The fourth-order valence-electron chi connectivity index (χ4n) is 2.60. The van der Waals surface area contributed by atoms with Gasteiger partial charge in [0.1, 0.15) is 17.4 Å². The molecule has 4 aromatic rings. The van der Waals surface area contributed by atoms with Gasteiger partial charge in [-0.1, -0.05) is 12.1 Å². The number of hydrogen-bond acceptors (Lipinski definition) is 4. The molecule has 0 spiro atoms. The predicted molar refractivity (Wildman–Crippen MR) is 104 cm³/mol. The van der Waals surface area contributed by atoms with E-state index in [1.165, 1.54) is 0 Å². The number of halogens is 1. The fraction of sp³-hybridized carbons (Fsp3) is 0. The molecular weight excluding hydrogens is 396 g/mol. The summed E-state index contributed by atoms with van der Waals surface area (Å²) in [6.07, 6.45) is 5.49. The highest BCUT2D eigenvalue weighted by molar-refractivity contribution is 9.11. The number of pyridine rings is 2. The molecule has 0 N–H and O–H groups in total. The van der Waals surface area contributed by atoms with E-state index in [2.05, 4.69) is 27.0 Å². The van der Waals surface area contributed by atoms with Crippen LogP contribution in [0.1, 0.15) is 11.4 Å². The molecule has 0 saturated heterocycles. The Bertz CT molecular complexity index is 1120. The van der Waals surface area contributed by atoms with Crippen LogP contribution in [0.4, 0.5) is 0 Å². The molecule has 0 amide bonds. The molecule has 0 saturated carbocycles. The van der Waals surface area contributed by atoms with Gasteiger partial charge >= 0.3 is 0 Å². The van der Waals surface area contributed by atoms with E-state index in [9.17, 15) is 5.26 Å².